The van der Waals surface area contributed by atoms with E-state index in [2.05, 4.69) is 32.4 Å². The quantitative estimate of drug-likeness (QED) is 0.608. The zero-order valence-electron chi connectivity index (χ0n) is 15.9. The standard InChI is InChI=1S/C21H26N4O3/c26-19(10-16(11-20(27)28)17-12-22-14-23-13-17)6-2-1-5-18-8-7-15-4-3-9-24-21(15)25-18/h7-8,12-14,16H,1-6,9-11H2,(H,24,25)(H,27,28)/t16-/m0/s1. The van der Waals surface area contributed by atoms with E-state index in [4.69, 9.17) is 5.11 Å². The van der Waals surface area contributed by atoms with Gasteiger partial charge in [-0.3, -0.25) is 9.59 Å². The van der Waals surface area contributed by atoms with Gasteiger partial charge in [-0.25, -0.2) is 15.0 Å². The molecule has 0 saturated carbocycles. The number of carboxylic acid groups (broad SMARTS) is 1. The summed E-state index contributed by atoms with van der Waals surface area (Å²) < 4.78 is 0. The third-order valence-corrected chi connectivity index (χ3v) is 5.04. The van der Waals surface area contributed by atoms with Crippen LogP contribution in [0.25, 0.3) is 0 Å². The van der Waals surface area contributed by atoms with Crippen molar-refractivity contribution in [3.8, 4) is 0 Å². The summed E-state index contributed by atoms with van der Waals surface area (Å²) in [6.07, 6.45) is 9.86. The predicted octanol–water partition coefficient (Wildman–Crippen LogP) is 3.16. The fraction of sp³-hybridized carbons (Fsp3) is 0.476. The Morgan fingerprint density at radius 2 is 1.96 bits per heavy atom. The molecule has 7 heteroatoms. The van der Waals surface area contributed by atoms with Crippen molar-refractivity contribution in [2.45, 2.75) is 57.3 Å². The molecule has 3 rings (SSSR count). The summed E-state index contributed by atoms with van der Waals surface area (Å²) in [6, 6.07) is 4.22. The Bertz CT molecular complexity index is 811. The van der Waals surface area contributed by atoms with Gasteiger partial charge in [0.2, 0.25) is 0 Å². The Morgan fingerprint density at radius 1 is 1.14 bits per heavy atom. The van der Waals surface area contributed by atoms with E-state index in [9.17, 15) is 9.59 Å². The van der Waals surface area contributed by atoms with Gasteiger partial charge in [0.25, 0.3) is 0 Å². The molecule has 0 spiro atoms. The van der Waals surface area contributed by atoms with Gasteiger partial charge >= 0.3 is 5.97 Å². The van der Waals surface area contributed by atoms with Crippen LogP contribution in [0.15, 0.2) is 30.9 Å². The zero-order valence-corrected chi connectivity index (χ0v) is 15.9. The average molecular weight is 382 g/mol. The first-order chi connectivity index (χ1) is 13.6. The number of aliphatic carboxylic acids is 1. The summed E-state index contributed by atoms with van der Waals surface area (Å²) in [5.41, 5.74) is 3.02. The maximum Gasteiger partial charge on any atom is 0.303 e. The number of nitrogens with one attached hydrogen (secondary N) is 1. The smallest absolute Gasteiger partial charge is 0.303 e. The van der Waals surface area contributed by atoms with E-state index in [1.165, 1.54) is 11.9 Å². The maximum atomic E-state index is 12.4. The predicted molar refractivity (Wildman–Crippen MR) is 105 cm³/mol. The Morgan fingerprint density at radius 3 is 2.75 bits per heavy atom. The second-order valence-corrected chi connectivity index (χ2v) is 7.26. The van der Waals surface area contributed by atoms with Gasteiger partial charge in [-0.15, -0.1) is 0 Å². The lowest BCUT2D eigenvalue weighted by Gasteiger charge is -2.17. The van der Waals surface area contributed by atoms with Crippen molar-refractivity contribution in [3.63, 3.8) is 0 Å². The minimum Gasteiger partial charge on any atom is -0.481 e. The molecular weight excluding hydrogens is 356 g/mol. The molecule has 0 aliphatic carbocycles. The van der Waals surface area contributed by atoms with Crippen LogP contribution in [0.3, 0.4) is 0 Å². The monoisotopic (exact) mass is 382 g/mol. The van der Waals surface area contributed by atoms with Crippen LogP contribution >= 0.6 is 0 Å². The van der Waals surface area contributed by atoms with Crippen LogP contribution in [0, 0.1) is 0 Å². The van der Waals surface area contributed by atoms with Gasteiger partial charge in [0.15, 0.2) is 0 Å². The second-order valence-electron chi connectivity index (χ2n) is 7.26. The largest absolute Gasteiger partial charge is 0.481 e. The van der Waals surface area contributed by atoms with E-state index in [-0.39, 0.29) is 24.5 Å². The van der Waals surface area contributed by atoms with E-state index in [1.54, 1.807) is 12.4 Å². The highest BCUT2D eigenvalue weighted by molar-refractivity contribution is 5.80. The highest BCUT2D eigenvalue weighted by Gasteiger charge is 2.19. The van der Waals surface area contributed by atoms with Crippen molar-refractivity contribution in [2.75, 3.05) is 11.9 Å². The lowest BCUT2D eigenvalue weighted by Crippen LogP contribution is -2.14. The van der Waals surface area contributed by atoms with Crippen molar-refractivity contribution in [2.24, 2.45) is 0 Å². The molecule has 0 amide bonds. The van der Waals surface area contributed by atoms with Gasteiger partial charge in [-0.05, 0) is 49.3 Å². The number of ketones is 1. The molecule has 0 bridgehead atoms. The molecule has 1 atom stereocenters. The minimum atomic E-state index is -0.922. The SMILES string of the molecule is O=C(O)C[C@H](CC(=O)CCCCc1ccc2c(n1)NCCC2)c1cncnc1. The Labute approximate surface area is 164 Å². The van der Waals surface area contributed by atoms with Crippen molar-refractivity contribution < 1.29 is 14.7 Å². The number of hydrogen-bond donors (Lipinski definition) is 2. The number of nitrogens with zero attached hydrogens (tertiary/aromatic N) is 3. The van der Waals surface area contributed by atoms with Crippen molar-refractivity contribution in [3.05, 3.63) is 47.7 Å². The lowest BCUT2D eigenvalue weighted by molar-refractivity contribution is -0.137. The highest BCUT2D eigenvalue weighted by atomic mass is 16.4. The van der Waals surface area contributed by atoms with Crippen LogP contribution in [0.2, 0.25) is 0 Å². The summed E-state index contributed by atoms with van der Waals surface area (Å²) >= 11 is 0. The van der Waals surface area contributed by atoms with Crippen molar-refractivity contribution in [1.82, 2.24) is 15.0 Å². The van der Waals surface area contributed by atoms with Crippen LogP contribution in [-0.4, -0.2) is 38.4 Å². The van der Waals surface area contributed by atoms with Crippen LogP contribution in [0.4, 0.5) is 5.82 Å². The highest BCUT2D eigenvalue weighted by Crippen LogP contribution is 2.24. The number of anilines is 1. The summed E-state index contributed by atoms with van der Waals surface area (Å²) in [6.45, 7) is 0.974. The maximum absolute atomic E-state index is 12.4. The molecule has 0 radical (unpaired) electrons. The molecule has 0 saturated heterocycles. The molecule has 2 N–H and O–H groups in total. The number of carbonyl (C=O) groups is 2. The molecule has 1 aliphatic heterocycles. The molecule has 28 heavy (non-hydrogen) atoms. The van der Waals surface area contributed by atoms with E-state index >= 15 is 0 Å². The molecule has 1 aliphatic rings. The van der Waals surface area contributed by atoms with Crippen LogP contribution in [0.5, 0.6) is 0 Å². The lowest BCUT2D eigenvalue weighted by atomic mass is 9.91. The number of rotatable bonds is 10. The zero-order chi connectivity index (χ0) is 19.8. The average Bonchev–Trinajstić information content (AvgIpc) is 2.71. The number of aromatic nitrogens is 3. The van der Waals surface area contributed by atoms with E-state index in [0.29, 0.717) is 12.0 Å². The van der Waals surface area contributed by atoms with E-state index in [1.807, 2.05) is 0 Å². The molecule has 0 aromatic carbocycles. The van der Waals surface area contributed by atoms with Crippen LogP contribution in [-0.2, 0) is 22.4 Å². The van der Waals surface area contributed by atoms with Crippen LogP contribution < -0.4 is 5.32 Å². The molecule has 0 fully saturated rings. The van der Waals surface area contributed by atoms with Gasteiger partial charge in [0, 0.05) is 43.4 Å². The summed E-state index contributed by atoms with van der Waals surface area (Å²) in [7, 11) is 0. The van der Waals surface area contributed by atoms with Crippen molar-refractivity contribution in [1.29, 1.82) is 0 Å². The molecule has 148 valence electrons. The number of carboxylic acids is 1. The normalized spacial score (nSPS) is 14.0. The first-order valence-corrected chi connectivity index (χ1v) is 9.83. The fourth-order valence-electron chi connectivity index (χ4n) is 3.55. The van der Waals surface area contributed by atoms with E-state index < -0.39 is 5.97 Å². The van der Waals surface area contributed by atoms with Gasteiger partial charge in [0.1, 0.15) is 17.9 Å². The second kappa shape index (κ2) is 9.92. The first-order valence-electron chi connectivity index (χ1n) is 9.83. The number of carbonyl (C=O) groups excluding carboxylic acids is 1. The number of Topliss-reactive ketones (excluding diaryl/α,β-unsaturated/α-hetero) is 1. The first kappa shape index (κ1) is 19.9. The number of unbranched alkanes of at least 4 members (excludes halogenated alkanes) is 1. The molecule has 3 heterocycles. The number of hydrogen-bond acceptors (Lipinski definition) is 6. The number of pyridine rings is 1. The molecule has 2 aromatic rings. The van der Waals surface area contributed by atoms with Crippen molar-refractivity contribution >= 4 is 17.6 Å². The summed E-state index contributed by atoms with van der Waals surface area (Å²) in [5.74, 6) is -0.218. The Balaban J connectivity index is 1.45. The van der Waals surface area contributed by atoms with Gasteiger partial charge in [0.05, 0.1) is 6.42 Å². The third-order valence-electron chi connectivity index (χ3n) is 5.04. The number of aryl methyl sites for hydroxylation is 2. The Kier molecular flexibility index (Phi) is 7.06. The molecule has 7 nitrogen and oxygen atoms in total. The fourth-order valence-corrected chi connectivity index (χ4v) is 3.55. The van der Waals surface area contributed by atoms with Gasteiger partial charge < -0.3 is 10.4 Å². The number of fused-ring (bicyclic) bond motifs is 1. The Hall–Kier alpha value is -2.83. The summed E-state index contributed by atoms with van der Waals surface area (Å²) in [5, 5.41) is 12.5. The van der Waals surface area contributed by atoms with Crippen LogP contribution in [0.1, 0.15) is 61.3 Å². The summed E-state index contributed by atoms with van der Waals surface area (Å²) in [4.78, 5) is 36.0. The molecule has 2 aromatic heterocycles. The topological polar surface area (TPSA) is 105 Å². The van der Waals surface area contributed by atoms with E-state index in [0.717, 1.165) is 50.2 Å². The van der Waals surface area contributed by atoms with Gasteiger partial charge in [-0.1, -0.05) is 6.07 Å². The minimum absolute atomic E-state index is 0.0789. The molecule has 0 unspecified atom stereocenters. The third kappa shape index (κ3) is 5.84. The van der Waals surface area contributed by atoms with Gasteiger partial charge in [-0.2, -0.15) is 0 Å². The molecular formula is C21H26N4O3.